The molecule has 1 aliphatic heterocycles. The van der Waals surface area contributed by atoms with Crippen molar-refractivity contribution >= 4 is 11.6 Å². The number of anilines is 1. The lowest BCUT2D eigenvalue weighted by Gasteiger charge is -2.38. The van der Waals surface area contributed by atoms with Gasteiger partial charge in [0.2, 0.25) is 0 Å². The number of halogens is 3. The molecule has 1 aliphatic rings. The van der Waals surface area contributed by atoms with Crippen LogP contribution >= 0.6 is 0 Å². The SMILES string of the molecule is C[C@@H]1CN([C@H](C)CO)C(=O)c2cc(N(C)C)ccc2O[C@H]1CN(C)Cc1ccc(C(F)(F)F)cc1. The zero-order valence-electron chi connectivity index (χ0n) is 20.8. The van der Waals surface area contributed by atoms with Crippen LogP contribution in [0.1, 0.15) is 35.3 Å². The molecule has 0 radical (unpaired) electrons. The Morgan fingerprint density at radius 1 is 1.14 bits per heavy atom. The first-order valence-electron chi connectivity index (χ1n) is 11.6. The van der Waals surface area contributed by atoms with Crippen LogP contribution in [0.4, 0.5) is 18.9 Å². The summed E-state index contributed by atoms with van der Waals surface area (Å²) in [6.07, 6.45) is -4.64. The Morgan fingerprint density at radius 3 is 2.37 bits per heavy atom. The number of alkyl halides is 3. The number of hydrogen-bond acceptors (Lipinski definition) is 5. The highest BCUT2D eigenvalue weighted by atomic mass is 19.4. The molecule has 2 aromatic rings. The third-order valence-electron chi connectivity index (χ3n) is 6.39. The third-order valence-corrected chi connectivity index (χ3v) is 6.39. The average Bonchev–Trinajstić information content (AvgIpc) is 2.80. The van der Waals surface area contributed by atoms with Crippen LogP contribution < -0.4 is 9.64 Å². The number of aliphatic hydroxyl groups is 1. The summed E-state index contributed by atoms with van der Waals surface area (Å²) in [5.41, 5.74) is 1.40. The van der Waals surface area contributed by atoms with Crippen LogP contribution in [0, 0.1) is 5.92 Å². The predicted molar refractivity (Wildman–Crippen MR) is 130 cm³/mol. The van der Waals surface area contributed by atoms with Crippen molar-refractivity contribution in [2.45, 2.75) is 38.7 Å². The number of likely N-dealkylation sites (N-methyl/N-ethyl adjacent to an activating group) is 1. The number of fused-ring (bicyclic) bond motifs is 1. The van der Waals surface area contributed by atoms with Crippen molar-refractivity contribution in [1.29, 1.82) is 0 Å². The molecule has 192 valence electrons. The molecule has 0 unspecified atom stereocenters. The van der Waals surface area contributed by atoms with Crippen molar-refractivity contribution < 1.29 is 27.8 Å². The molecule has 6 nitrogen and oxygen atoms in total. The van der Waals surface area contributed by atoms with Gasteiger partial charge in [-0.2, -0.15) is 13.2 Å². The van der Waals surface area contributed by atoms with Gasteiger partial charge in [0.1, 0.15) is 11.9 Å². The monoisotopic (exact) mass is 493 g/mol. The van der Waals surface area contributed by atoms with Gasteiger partial charge in [0.05, 0.1) is 23.8 Å². The predicted octanol–water partition coefficient (Wildman–Crippen LogP) is 4.12. The van der Waals surface area contributed by atoms with Gasteiger partial charge >= 0.3 is 6.18 Å². The number of benzene rings is 2. The molecule has 3 atom stereocenters. The molecule has 1 N–H and O–H groups in total. The van der Waals surface area contributed by atoms with Crippen molar-refractivity contribution in [2.24, 2.45) is 5.92 Å². The molecule has 1 amide bonds. The smallest absolute Gasteiger partial charge is 0.416 e. The van der Waals surface area contributed by atoms with Gasteiger partial charge in [-0.25, -0.2) is 0 Å². The fraction of sp³-hybridized carbons (Fsp3) is 0.500. The molecule has 0 spiro atoms. The summed E-state index contributed by atoms with van der Waals surface area (Å²) in [4.78, 5) is 19.0. The summed E-state index contributed by atoms with van der Waals surface area (Å²) >= 11 is 0. The van der Waals surface area contributed by atoms with E-state index in [1.54, 1.807) is 17.0 Å². The second-order valence-electron chi connectivity index (χ2n) is 9.59. The largest absolute Gasteiger partial charge is 0.488 e. The summed E-state index contributed by atoms with van der Waals surface area (Å²) in [5.74, 6) is 0.244. The number of carbonyl (C=O) groups excluding carboxylic acids is 1. The Kier molecular flexibility index (Phi) is 8.33. The molecule has 0 fully saturated rings. The number of aliphatic hydroxyl groups excluding tert-OH is 1. The van der Waals surface area contributed by atoms with E-state index in [1.165, 1.54) is 12.1 Å². The van der Waals surface area contributed by atoms with Crippen LogP contribution in [0.3, 0.4) is 0 Å². The average molecular weight is 494 g/mol. The normalized spacial score (nSPS) is 19.6. The second-order valence-corrected chi connectivity index (χ2v) is 9.59. The first-order valence-corrected chi connectivity index (χ1v) is 11.6. The van der Waals surface area contributed by atoms with Crippen LogP contribution in [0.5, 0.6) is 5.75 Å². The van der Waals surface area contributed by atoms with E-state index in [0.29, 0.717) is 30.9 Å². The quantitative estimate of drug-likeness (QED) is 0.629. The molecular formula is C26H34F3N3O3. The van der Waals surface area contributed by atoms with Gasteiger partial charge in [0, 0.05) is 45.3 Å². The molecule has 9 heteroatoms. The summed E-state index contributed by atoms with van der Waals surface area (Å²) in [7, 11) is 5.68. The van der Waals surface area contributed by atoms with Crippen molar-refractivity contribution in [3.63, 3.8) is 0 Å². The topological polar surface area (TPSA) is 56.3 Å². The fourth-order valence-corrected chi connectivity index (χ4v) is 4.19. The summed E-state index contributed by atoms with van der Waals surface area (Å²) in [5, 5.41) is 9.78. The highest BCUT2D eigenvalue weighted by Crippen LogP contribution is 2.32. The van der Waals surface area contributed by atoms with E-state index < -0.39 is 11.7 Å². The molecule has 2 aromatic carbocycles. The van der Waals surface area contributed by atoms with E-state index >= 15 is 0 Å². The highest BCUT2D eigenvalue weighted by molar-refractivity contribution is 5.98. The van der Waals surface area contributed by atoms with Gasteiger partial charge in [-0.15, -0.1) is 0 Å². The molecule has 0 saturated heterocycles. The minimum atomic E-state index is -4.36. The number of carbonyl (C=O) groups is 1. The molecule has 0 aliphatic carbocycles. The third kappa shape index (κ3) is 6.46. The van der Waals surface area contributed by atoms with Crippen molar-refractivity contribution in [3.05, 3.63) is 59.2 Å². The number of nitrogens with zero attached hydrogens (tertiary/aromatic N) is 3. The molecule has 0 saturated carbocycles. The van der Waals surface area contributed by atoms with Gasteiger partial charge < -0.3 is 19.6 Å². The van der Waals surface area contributed by atoms with Gasteiger partial charge in [0.25, 0.3) is 5.91 Å². The molecule has 0 bridgehead atoms. The van der Waals surface area contributed by atoms with Crippen LogP contribution in [0.2, 0.25) is 0 Å². The maximum atomic E-state index is 13.4. The lowest BCUT2D eigenvalue weighted by atomic mass is 9.99. The molecule has 1 heterocycles. The molecule has 0 aromatic heterocycles. The summed E-state index contributed by atoms with van der Waals surface area (Å²) < 4.78 is 45.0. The number of hydrogen-bond donors (Lipinski definition) is 1. The summed E-state index contributed by atoms with van der Waals surface area (Å²) in [6.45, 7) is 5.03. The zero-order chi connectivity index (χ0) is 25.9. The molecule has 35 heavy (non-hydrogen) atoms. The van der Waals surface area contributed by atoms with Gasteiger partial charge in [-0.3, -0.25) is 9.69 Å². The minimum absolute atomic E-state index is 0.0512. The fourth-order valence-electron chi connectivity index (χ4n) is 4.19. The number of rotatable bonds is 7. The van der Waals surface area contributed by atoms with Crippen molar-refractivity contribution in [2.75, 3.05) is 45.7 Å². The van der Waals surface area contributed by atoms with E-state index in [2.05, 4.69) is 0 Å². The van der Waals surface area contributed by atoms with Crippen LogP contribution in [-0.4, -0.2) is 73.8 Å². The number of ether oxygens (including phenoxy) is 1. The maximum Gasteiger partial charge on any atom is 0.416 e. The van der Waals surface area contributed by atoms with E-state index in [9.17, 15) is 23.1 Å². The van der Waals surface area contributed by atoms with Crippen LogP contribution in [0.15, 0.2) is 42.5 Å². The van der Waals surface area contributed by atoms with Crippen LogP contribution in [0.25, 0.3) is 0 Å². The van der Waals surface area contributed by atoms with Crippen molar-refractivity contribution in [1.82, 2.24) is 9.80 Å². The first kappa shape index (κ1) is 26.8. The second kappa shape index (κ2) is 10.9. The van der Waals surface area contributed by atoms with Crippen molar-refractivity contribution in [3.8, 4) is 5.75 Å². The first-order chi connectivity index (χ1) is 16.4. The lowest BCUT2D eigenvalue weighted by Crippen LogP contribution is -2.49. The number of amides is 1. The molecular weight excluding hydrogens is 459 g/mol. The Morgan fingerprint density at radius 2 is 1.80 bits per heavy atom. The Bertz CT molecular complexity index is 1010. The Labute approximate surface area is 204 Å². The summed E-state index contributed by atoms with van der Waals surface area (Å²) in [6, 6.07) is 10.3. The highest BCUT2D eigenvalue weighted by Gasteiger charge is 2.34. The maximum absolute atomic E-state index is 13.4. The van der Waals surface area contributed by atoms with Gasteiger partial charge in [-0.05, 0) is 49.9 Å². The Balaban J connectivity index is 1.83. The van der Waals surface area contributed by atoms with Crippen LogP contribution in [-0.2, 0) is 12.7 Å². The van der Waals surface area contributed by atoms with E-state index in [0.717, 1.165) is 23.4 Å². The lowest BCUT2D eigenvalue weighted by molar-refractivity contribution is -0.137. The zero-order valence-corrected chi connectivity index (χ0v) is 20.8. The molecule has 3 rings (SSSR count). The standard InChI is InChI=1S/C26H34F3N3O3/c1-17-13-32(18(2)16-33)25(34)22-12-21(30(3)4)10-11-23(22)35-24(17)15-31(5)14-19-6-8-20(9-7-19)26(27,28)29/h6-12,17-18,24,33H,13-16H2,1-5H3/t17-,18-,24+/m1/s1. The Hall–Kier alpha value is -2.78. The van der Waals surface area contributed by atoms with Gasteiger partial charge in [0.15, 0.2) is 0 Å². The minimum Gasteiger partial charge on any atom is -0.488 e. The van der Waals surface area contributed by atoms with E-state index in [4.69, 9.17) is 4.74 Å². The van der Waals surface area contributed by atoms with Gasteiger partial charge in [-0.1, -0.05) is 19.1 Å². The van der Waals surface area contributed by atoms with E-state index in [1.807, 2.05) is 50.9 Å². The van der Waals surface area contributed by atoms with E-state index in [-0.39, 0.29) is 30.6 Å².